The van der Waals surface area contributed by atoms with Gasteiger partial charge < -0.3 is 10.1 Å². The lowest BCUT2D eigenvalue weighted by atomic mass is 10.2. The zero-order chi connectivity index (χ0) is 15.5. The van der Waals surface area contributed by atoms with E-state index in [0.717, 1.165) is 15.6 Å². The average Bonchev–Trinajstić information content (AvgIpc) is 2.52. The molecule has 0 aliphatic heterocycles. The minimum atomic E-state index is 0.547. The molecule has 1 aromatic carbocycles. The third-order valence-electron chi connectivity index (χ3n) is 3.19. The maximum Gasteiger partial charge on any atom is 0.213 e. The number of halogens is 1. The number of aromatic nitrogens is 3. The number of nitrogens with zero attached hydrogens (tertiary/aromatic N) is 3. The molecule has 22 heavy (non-hydrogen) atoms. The summed E-state index contributed by atoms with van der Waals surface area (Å²) >= 11 is 3.48. The zero-order valence-corrected chi connectivity index (χ0v) is 13.9. The highest BCUT2D eigenvalue weighted by Crippen LogP contribution is 2.22. The number of methoxy groups -OCH3 is 1. The summed E-state index contributed by atoms with van der Waals surface area (Å²) in [6, 6.07) is 11.8. The second-order valence-corrected chi connectivity index (χ2v) is 5.74. The molecule has 3 rings (SSSR count). The third-order valence-corrected chi connectivity index (χ3v) is 3.68. The number of hydrogen-bond donors (Lipinski definition) is 1. The summed E-state index contributed by atoms with van der Waals surface area (Å²) in [5.41, 5.74) is 2.66. The number of anilines is 1. The molecule has 3 aromatic rings. The van der Waals surface area contributed by atoms with Crippen LogP contribution in [0.2, 0.25) is 0 Å². The Morgan fingerprint density at radius 3 is 2.77 bits per heavy atom. The summed E-state index contributed by atoms with van der Waals surface area (Å²) in [5, 5.41) is 3.33. The summed E-state index contributed by atoms with van der Waals surface area (Å²) in [6.45, 7) is 2.53. The maximum atomic E-state index is 5.19. The first-order valence-electron chi connectivity index (χ1n) is 6.83. The first-order chi connectivity index (χ1) is 10.7. The number of fused-ring (bicyclic) bond motifs is 1. The molecular formula is C16H15BrN4O. The Hall–Kier alpha value is -2.21. The van der Waals surface area contributed by atoms with Crippen molar-refractivity contribution in [1.29, 1.82) is 0 Å². The number of hydrogen-bond acceptors (Lipinski definition) is 5. The normalized spacial score (nSPS) is 10.7. The molecule has 0 saturated carbocycles. The molecule has 0 aliphatic carbocycles. The van der Waals surface area contributed by atoms with Gasteiger partial charge >= 0.3 is 0 Å². The van der Waals surface area contributed by atoms with Gasteiger partial charge in [0.05, 0.1) is 12.6 Å². The second kappa shape index (κ2) is 6.27. The van der Waals surface area contributed by atoms with Crippen LogP contribution in [0.3, 0.4) is 0 Å². The maximum absolute atomic E-state index is 5.19. The van der Waals surface area contributed by atoms with Gasteiger partial charge in [-0.05, 0) is 30.7 Å². The Labute approximate surface area is 136 Å². The van der Waals surface area contributed by atoms with Crippen molar-refractivity contribution in [2.75, 3.05) is 12.4 Å². The minimum absolute atomic E-state index is 0.547. The number of nitrogens with one attached hydrogen (secondary N) is 1. The van der Waals surface area contributed by atoms with E-state index in [-0.39, 0.29) is 0 Å². The van der Waals surface area contributed by atoms with Crippen LogP contribution in [-0.2, 0) is 6.54 Å². The van der Waals surface area contributed by atoms with Crippen molar-refractivity contribution in [3.05, 3.63) is 52.3 Å². The number of ether oxygens (including phenoxy) is 1. The molecule has 2 aromatic heterocycles. The van der Waals surface area contributed by atoms with E-state index in [9.17, 15) is 0 Å². The van der Waals surface area contributed by atoms with Gasteiger partial charge in [0.25, 0.3) is 0 Å². The van der Waals surface area contributed by atoms with E-state index in [2.05, 4.69) is 48.3 Å². The van der Waals surface area contributed by atoms with Gasteiger partial charge in [0.1, 0.15) is 11.3 Å². The summed E-state index contributed by atoms with van der Waals surface area (Å²) < 4.78 is 6.24. The molecule has 0 saturated heterocycles. The fourth-order valence-electron chi connectivity index (χ4n) is 2.18. The summed E-state index contributed by atoms with van der Waals surface area (Å²) in [5.74, 6) is 1.96. The predicted octanol–water partition coefficient (Wildman–Crippen LogP) is 3.72. The predicted molar refractivity (Wildman–Crippen MR) is 90.1 cm³/mol. The van der Waals surface area contributed by atoms with E-state index in [1.807, 2.05) is 25.1 Å². The molecule has 2 heterocycles. The topological polar surface area (TPSA) is 59.9 Å². The molecule has 0 fully saturated rings. The highest BCUT2D eigenvalue weighted by atomic mass is 79.9. The number of pyridine rings is 1. The zero-order valence-electron chi connectivity index (χ0n) is 12.3. The van der Waals surface area contributed by atoms with Crippen LogP contribution in [0.4, 0.5) is 5.82 Å². The lowest BCUT2D eigenvalue weighted by Gasteiger charge is -2.10. The van der Waals surface area contributed by atoms with Gasteiger partial charge in [0.15, 0.2) is 5.82 Å². The first-order valence-corrected chi connectivity index (χ1v) is 7.63. The Kier molecular flexibility index (Phi) is 4.20. The highest BCUT2D eigenvalue weighted by Gasteiger charge is 2.09. The Balaban J connectivity index is 1.95. The molecule has 0 radical (unpaired) electrons. The fourth-order valence-corrected chi connectivity index (χ4v) is 2.63. The highest BCUT2D eigenvalue weighted by molar-refractivity contribution is 9.10. The van der Waals surface area contributed by atoms with Crippen LogP contribution in [0.5, 0.6) is 5.88 Å². The lowest BCUT2D eigenvalue weighted by molar-refractivity contribution is 0.399. The molecule has 0 unspecified atom stereocenters. The Morgan fingerprint density at radius 1 is 1.14 bits per heavy atom. The molecule has 0 spiro atoms. The standard InChI is InChI=1S/C16H15BrN4O/c1-10-19-13-6-7-14(22-2)21-15(13)16(20-10)18-9-11-4-3-5-12(17)8-11/h3-8H,9H2,1-2H3,(H,18,19,20). The number of rotatable bonds is 4. The second-order valence-electron chi connectivity index (χ2n) is 4.82. The van der Waals surface area contributed by atoms with E-state index in [4.69, 9.17) is 4.74 Å². The quantitative estimate of drug-likeness (QED) is 0.770. The van der Waals surface area contributed by atoms with Gasteiger partial charge in [-0.3, -0.25) is 0 Å². The van der Waals surface area contributed by atoms with Crippen LogP contribution in [0.25, 0.3) is 11.0 Å². The van der Waals surface area contributed by atoms with Crippen LogP contribution in [0, 0.1) is 6.92 Å². The van der Waals surface area contributed by atoms with Crippen LogP contribution >= 0.6 is 15.9 Å². The lowest BCUT2D eigenvalue weighted by Crippen LogP contribution is -2.05. The molecular weight excluding hydrogens is 344 g/mol. The Bertz CT molecular complexity index is 822. The molecule has 0 bridgehead atoms. The summed E-state index contributed by atoms with van der Waals surface area (Å²) in [4.78, 5) is 13.3. The molecule has 0 atom stereocenters. The summed E-state index contributed by atoms with van der Waals surface area (Å²) in [7, 11) is 1.60. The smallest absolute Gasteiger partial charge is 0.213 e. The number of aryl methyl sites for hydroxylation is 1. The van der Waals surface area contributed by atoms with Gasteiger partial charge in [0, 0.05) is 17.1 Å². The van der Waals surface area contributed by atoms with Crippen molar-refractivity contribution in [2.24, 2.45) is 0 Å². The van der Waals surface area contributed by atoms with Crippen molar-refractivity contribution < 1.29 is 4.74 Å². The largest absolute Gasteiger partial charge is 0.481 e. The summed E-state index contributed by atoms with van der Waals surface area (Å²) in [6.07, 6.45) is 0. The molecule has 0 amide bonds. The van der Waals surface area contributed by atoms with Crippen molar-refractivity contribution in [2.45, 2.75) is 13.5 Å². The molecule has 112 valence electrons. The third kappa shape index (κ3) is 3.17. The molecule has 5 nitrogen and oxygen atoms in total. The van der Waals surface area contributed by atoms with E-state index in [1.165, 1.54) is 0 Å². The van der Waals surface area contributed by atoms with Crippen molar-refractivity contribution in [3.63, 3.8) is 0 Å². The van der Waals surface area contributed by atoms with E-state index in [0.29, 0.717) is 29.6 Å². The van der Waals surface area contributed by atoms with Crippen LogP contribution in [0.1, 0.15) is 11.4 Å². The van der Waals surface area contributed by atoms with Crippen molar-refractivity contribution in [1.82, 2.24) is 15.0 Å². The minimum Gasteiger partial charge on any atom is -0.481 e. The monoisotopic (exact) mass is 358 g/mol. The van der Waals surface area contributed by atoms with E-state index in [1.54, 1.807) is 13.2 Å². The van der Waals surface area contributed by atoms with Crippen molar-refractivity contribution in [3.8, 4) is 5.88 Å². The van der Waals surface area contributed by atoms with Crippen LogP contribution < -0.4 is 10.1 Å². The average molecular weight is 359 g/mol. The van der Waals surface area contributed by atoms with Crippen molar-refractivity contribution >= 4 is 32.8 Å². The first kappa shape index (κ1) is 14.7. The Morgan fingerprint density at radius 2 is 2.00 bits per heavy atom. The van der Waals surface area contributed by atoms with E-state index < -0.39 is 0 Å². The van der Waals surface area contributed by atoms with Gasteiger partial charge in [-0.2, -0.15) is 0 Å². The SMILES string of the molecule is COc1ccc2nc(C)nc(NCc3cccc(Br)c3)c2n1. The molecule has 6 heteroatoms. The fraction of sp³-hybridized carbons (Fsp3) is 0.188. The molecule has 0 aliphatic rings. The van der Waals surface area contributed by atoms with Gasteiger partial charge in [-0.25, -0.2) is 15.0 Å². The van der Waals surface area contributed by atoms with Gasteiger partial charge in [-0.15, -0.1) is 0 Å². The van der Waals surface area contributed by atoms with Gasteiger partial charge in [-0.1, -0.05) is 28.1 Å². The van der Waals surface area contributed by atoms with Crippen LogP contribution in [-0.4, -0.2) is 22.1 Å². The molecule has 1 N–H and O–H groups in total. The number of benzene rings is 1. The van der Waals surface area contributed by atoms with E-state index >= 15 is 0 Å². The van der Waals surface area contributed by atoms with Crippen LogP contribution in [0.15, 0.2) is 40.9 Å². The van der Waals surface area contributed by atoms with Gasteiger partial charge in [0.2, 0.25) is 5.88 Å².